The average molecular weight is 592 g/mol. The number of rotatable bonds is 7. The number of hydrogen-bond donors (Lipinski definition) is 3. The number of nitrogens with zero attached hydrogens (tertiary/aromatic N) is 3. The van der Waals surface area contributed by atoms with Crippen molar-refractivity contribution in [3.05, 3.63) is 107 Å². The van der Waals surface area contributed by atoms with Crippen LogP contribution in [0.2, 0.25) is 5.02 Å². The SMILES string of the molecule is Cc1ccc(-c2nnc(Nc3ccc(Cl)cc3)c3ccccc23)cc1S(=O)(=O)NCc1nc2ccccc2[nH]1.Cl. The van der Waals surface area contributed by atoms with Crippen LogP contribution >= 0.6 is 24.0 Å². The summed E-state index contributed by atoms with van der Waals surface area (Å²) in [7, 11) is -3.84. The summed E-state index contributed by atoms with van der Waals surface area (Å²) in [5.41, 5.74) is 4.31. The molecule has 0 unspecified atom stereocenters. The van der Waals surface area contributed by atoms with E-state index in [9.17, 15) is 8.42 Å². The predicted molar refractivity (Wildman–Crippen MR) is 162 cm³/mol. The molecule has 0 spiro atoms. The lowest BCUT2D eigenvalue weighted by atomic mass is 10.0. The number of benzene rings is 4. The summed E-state index contributed by atoms with van der Waals surface area (Å²) in [6.07, 6.45) is 0. The van der Waals surface area contributed by atoms with Gasteiger partial charge in [0.2, 0.25) is 10.0 Å². The van der Waals surface area contributed by atoms with Crippen LogP contribution in [0, 0.1) is 6.92 Å². The van der Waals surface area contributed by atoms with Crippen LogP contribution in [0.25, 0.3) is 33.1 Å². The quantitative estimate of drug-likeness (QED) is 0.189. The van der Waals surface area contributed by atoms with Crippen molar-refractivity contribution >= 4 is 67.3 Å². The van der Waals surface area contributed by atoms with E-state index in [0.29, 0.717) is 33.5 Å². The van der Waals surface area contributed by atoms with Crippen LogP contribution in [-0.2, 0) is 16.6 Å². The number of nitrogens with one attached hydrogen (secondary N) is 3. The molecular formula is C29H24Cl2N6O2S. The molecule has 202 valence electrons. The zero-order chi connectivity index (χ0) is 27.0. The van der Waals surface area contributed by atoms with E-state index in [-0.39, 0.29) is 23.8 Å². The largest absolute Gasteiger partial charge is 0.341 e. The maximum Gasteiger partial charge on any atom is 0.241 e. The lowest BCUT2D eigenvalue weighted by Gasteiger charge is -2.13. The van der Waals surface area contributed by atoms with Crippen LogP contribution in [0.3, 0.4) is 0 Å². The number of aromatic amines is 1. The Hall–Kier alpha value is -4.02. The minimum absolute atomic E-state index is 0. The molecule has 0 bridgehead atoms. The van der Waals surface area contributed by atoms with E-state index < -0.39 is 10.0 Å². The molecule has 0 radical (unpaired) electrons. The van der Waals surface area contributed by atoms with Crippen LogP contribution < -0.4 is 10.0 Å². The van der Waals surface area contributed by atoms with E-state index in [4.69, 9.17) is 11.6 Å². The number of aryl methyl sites for hydroxylation is 1. The van der Waals surface area contributed by atoms with Gasteiger partial charge in [-0.05, 0) is 55.0 Å². The fourth-order valence-electron chi connectivity index (χ4n) is 4.45. The number of hydrogen-bond acceptors (Lipinski definition) is 6. The number of sulfonamides is 1. The molecule has 40 heavy (non-hydrogen) atoms. The Labute approximate surface area is 242 Å². The fourth-order valence-corrected chi connectivity index (χ4v) is 5.83. The Morgan fingerprint density at radius 1 is 0.875 bits per heavy atom. The van der Waals surface area contributed by atoms with E-state index in [1.54, 1.807) is 31.2 Å². The minimum Gasteiger partial charge on any atom is -0.341 e. The van der Waals surface area contributed by atoms with Crippen molar-refractivity contribution in [1.82, 2.24) is 24.9 Å². The predicted octanol–water partition coefficient (Wildman–Crippen LogP) is 6.78. The Bertz CT molecular complexity index is 1910. The molecular weight excluding hydrogens is 567 g/mol. The summed E-state index contributed by atoms with van der Waals surface area (Å²) in [5.74, 6) is 1.12. The van der Waals surface area contributed by atoms with Crippen LogP contribution in [0.5, 0.6) is 0 Å². The third kappa shape index (κ3) is 5.50. The van der Waals surface area contributed by atoms with Crippen LogP contribution in [-0.4, -0.2) is 28.6 Å². The van der Waals surface area contributed by atoms with Crippen molar-refractivity contribution < 1.29 is 8.42 Å². The molecule has 0 fully saturated rings. The number of fused-ring (bicyclic) bond motifs is 2. The van der Waals surface area contributed by atoms with Crippen molar-refractivity contribution in [2.45, 2.75) is 18.4 Å². The lowest BCUT2D eigenvalue weighted by molar-refractivity contribution is 0.579. The molecule has 8 nitrogen and oxygen atoms in total. The third-order valence-corrected chi connectivity index (χ3v) is 8.21. The van der Waals surface area contributed by atoms with E-state index in [2.05, 4.69) is 30.2 Å². The van der Waals surface area contributed by atoms with Gasteiger partial charge < -0.3 is 10.3 Å². The second-order valence-electron chi connectivity index (χ2n) is 9.08. The van der Waals surface area contributed by atoms with Gasteiger partial charge in [0.25, 0.3) is 0 Å². The van der Waals surface area contributed by atoms with Crippen LogP contribution in [0.1, 0.15) is 11.4 Å². The van der Waals surface area contributed by atoms with Gasteiger partial charge >= 0.3 is 0 Å². The maximum absolute atomic E-state index is 13.4. The molecule has 0 aliphatic rings. The smallest absolute Gasteiger partial charge is 0.241 e. The highest BCUT2D eigenvalue weighted by molar-refractivity contribution is 7.89. The number of para-hydroxylation sites is 2. The van der Waals surface area contributed by atoms with E-state index in [0.717, 1.165) is 27.5 Å². The molecule has 4 aromatic carbocycles. The summed E-state index contributed by atoms with van der Waals surface area (Å²) in [5, 5.41) is 14.6. The van der Waals surface area contributed by atoms with Crippen molar-refractivity contribution in [1.29, 1.82) is 0 Å². The highest BCUT2D eigenvalue weighted by Crippen LogP contribution is 2.33. The molecule has 6 aromatic rings. The maximum atomic E-state index is 13.4. The standard InChI is InChI=1S/C29H23ClN6O2S.ClH/c1-18-10-11-19(16-26(18)39(37,38)31-17-27-33-24-8-4-5-9-25(24)34-27)28-22-6-2-3-7-23(22)29(36-35-28)32-21-14-12-20(30)13-15-21;/h2-16,31H,17H2,1H3,(H,32,36)(H,33,34);1H. The first-order valence-corrected chi connectivity index (χ1v) is 14.1. The van der Waals surface area contributed by atoms with Gasteiger partial charge in [-0.3, -0.25) is 0 Å². The molecule has 0 saturated carbocycles. The van der Waals surface area contributed by atoms with E-state index >= 15 is 0 Å². The molecule has 2 heterocycles. The normalized spacial score (nSPS) is 11.4. The first-order chi connectivity index (χ1) is 18.9. The first kappa shape index (κ1) is 27.5. The number of aromatic nitrogens is 4. The minimum atomic E-state index is -3.84. The summed E-state index contributed by atoms with van der Waals surface area (Å²) >= 11 is 6.01. The van der Waals surface area contributed by atoms with Gasteiger partial charge in [0.15, 0.2) is 5.82 Å². The molecule has 0 saturated heterocycles. The number of imidazole rings is 1. The summed E-state index contributed by atoms with van der Waals surface area (Å²) in [6.45, 7) is 1.80. The van der Waals surface area contributed by atoms with E-state index in [1.165, 1.54) is 0 Å². The Balaban J connectivity index is 0.00000323. The van der Waals surface area contributed by atoms with Gasteiger partial charge in [-0.15, -0.1) is 22.6 Å². The van der Waals surface area contributed by atoms with Gasteiger partial charge in [0.1, 0.15) is 11.5 Å². The zero-order valence-electron chi connectivity index (χ0n) is 21.2. The van der Waals surface area contributed by atoms with Gasteiger partial charge in [0, 0.05) is 27.0 Å². The monoisotopic (exact) mass is 590 g/mol. The number of H-pyrrole nitrogens is 1. The summed E-state index contributed by atoms with van der Waals surface area (Å²) in [4.78, 5) is 7.78. The highest BCUT2D eigenvalue weighted by atomic mass is 35.5. The van der Waals surface area contributed by atoms with Crippen LogP contribution in [0.4, 0.5) is 11.5 Å². The Morgan fingerprint density at radius 2 is 1.60 bits per heavy atom. The van der Waals surface area contributed by atoms with Crippen molar-refractivity contribution in [3.63, 3.8) is 0 Å². The van der Waals surface area contributed by atoms with Crippen LogP contribution in [0.15, 0.2) is 95.9 Å². The number of halogens is 2. The van der Waals surface area contributed by atoms with E-state index in [1.807, 2.05) is 66.7 Å². The second-order valence-corrected chi connectivity index (χ2v) is 11.3. The van der Waals surface area contributed by atoms with Gasteiger partial charge in [0.05, 0.1) is 22.5 Å². The molecule has 0 aliphatic carbocycles. The van der Waals surface area contributed by atoms with Gasteiger partial charge in [-0.2, -0.15) is 0 Å². The number of anilines is 2. The zero-order valence-corrected chi connectivity index (χ0v) is 23.6. The molecule has 0 atom stereocenters. The second kappa shape index (κ2) is 11.2. The first-order valence-electron chi connectivity index (χ1n) is 12.2. The summed E-state index contributed by atoms with van der Waals surface area (Å²) < 4.78 is 29.4. The Kier molecular flexibility index (Phi) is 7.73. The molecule has 0 amide bonds. The summed E-state index contributed by atoms with van der Waals surface area (Å²) in [6, 6.07) is 27.9. The third-order valence-electron chi connectivity index (χ3n) is 6.41. The fraction of sp³-hybridized carbons (Fsp3) is 0.0690. The average Bonchev–Trinajstić information content (AvgIpc) is 3.37. The molecule has 0 aliphatic heterocycles. The molecule has 11 heteroatoms. The highest BCUT2D eigenvalue weighted by Gasteiger charge is 2.20. The topological polar surface area (TPSA) is 113 Å². The molecule has 6 rings (SSSR count). The van der Waals surface area contributed by atoms with Gasteiger partial charge in [-0.25, -0.2) is 18.1 Å². The van der Waals surface area contributed by atoms with Crippen molar-refractivity contribution in [2.24, 2.45) is 0 Å². The lowest BCUT2D eigenvalue weighted by Crippen LogP contribution is -2.24. The molecule has 3 N–H and O–H groups in total. The molecule has 2 aromatic heterocycles. The van der Waals surface area contributed by atoms with Crippen molar-refractivity contribution in [2.75, 3.05) is 5.32 Å². The Morgan fingerprint density at radius 3 is 2.38 bits per heavy atom. The van der Waals surface area contributed by atoms with Crippen molar-refractivity contribution in [3.8, 4) is 11.3 Å². The van der Waals surface area contributed by atoms with Gasteiger partial charge in [-0.1, -0.05) is 60.1 Å².